The van der Waals surface area contributed by atoms with E-state index in [0.717, 1.165) is 25.6 Å². The fourth-order valence-corrected chi connectivity index (χ4v) is 3.57. The molecule has 5 heteroatoms. The number of aromatic nitrogens is 2. The molecule has 0 saturated carbocycles. The van der Waals surface area contributed by atoms with Gasteiger partial charge in [0.25, 0.3) is 5.91 Å². The summed E-state index contributed by atoms with van der Waals surface area (Å²) < 4.78 is 2.54. The second-order valence-electron chi connectivity index (χ2n) is 5.78. The molecule has 2 aromatic heterocycles. The molecule has 2 heterocycles. The van der Waals surface area contributed by atoms with Crippen molar-refractivity contribution in [3.63, 3.8) is 0 Å². The van der Waals surface area contributed by atoms with Crippen LogP contribution < -0.4 is 0 Å². The number of carbonyl (C=O) groups is 1. The lowest BCUT2D eigenvalue weighted by Gasteiger charge is -2.07. The van der Waals surface area contributed by atoms with Crippen molar-refractivity contribution in [2.75, 3.05) is 0 Å². The first-order chi connectivity index (χ1) is 12.7. The van der Waals surface area contributed by atoms with Gasteiger partial charge in [-0.15, -0.1) is 0 Å². The van der Waals surface area contributed by atoms with Crippen molar-refractivity contribution in [3.05, 3.63) is 87.9 Å². The van der Waals surface area contributed by atoms with Crippen LogP contribution in [0.15, 0.2) is 73.2 Å². The van der Waals surface area contributed by atoms with E-state index in [-0.39, 0.29) is 5.91 Å². The van der Waals surface area contributed by atoms with E-state index in [1.165, 1.54) is 0 Å². The summed E-state index contributed by atoms with van der Waals surface area (Å²) in [5.41, 5.74) is 3.93. The molecule has 0 fully saturated rings. The van der Waals surface area contributed by atoms with E-state index in [9.17, 15) is 4.79 Å². The third-order valence-electron chi connectivity index (χ3n) is 4.26. The predicted octanol–water partition coefficient (Wildman–Crippen LogP) is 4.87. The molecule has 4 rings (SSSR count). The summed E-state index contributed by atoms with van der Waals surface area (Å²) in [4.78, 5) is 17.3. The van der Waals surface area contributed by atoms with E-state index in [1.54, 1.807) is 35.3 Å². The normalized spacial score (nSPS) is 10.6. The summed E-state index contributed by atoms with van der Waals surface area (Å²) in [5, 5.41) is 9.91. The maximum absolute atomic E-state index is 13.0. The molecule has 0 saturated heterocycles. The van der Waals surface area contributed by atoms with Crippen LogP contribution in [0.3, 0.4) is 0 Å². The van der Waals surface area contributed by atoms with Gasteiger partial charge in [0.15, 0.2) is 0 Å². The summed E-state index contributed by atoms with van der Waals surface area (Å²) in [5.74, 6) is -0.0798. The topological polar surface area (TPSA) is 58.7 Å². The van der Waals surface area contributed by atoms with E-state index in [2.05, 4.69) is 33.6 Å². The first kappa shape index (κ1) is 16.5. The van der Waals surface area contributed by atoms with Crippen molar-refractivity contribution in [1.82, 2.24) is 9.55 Å². The van der Waals surface area contributed by atoms with Crippen LogP contribution in [0.2, 0.25) is 0 Å². The number of hydrogen-bond donors (Lipinski definition) is 0. The highest BCUT2D eigenvalue weighted by Gasteiger charge is 2.16. The van der Waals surface area contributed by atoms with Gasteiger partial charge in [0.05, 0.1) is 28.9 Å². The van der Waals surface area contributed by atoms with Crippen LogP contribution in [-0.2, 0) is 0 Å². The van der Waals surface area contributed by atoms with Crippen LogP contribution in [0.25, 0.3) is 22.0 Å². The third-order valence-corrected chi connectivity index (χ3v) is 5.21. The van der Waals surface area contributed by atoms with Crippen LogP contribution >= 0.6 is 22.6 Å². The molecule has 0 spiro atoms. The quantitative estimate of drug-likeness (QED) is 0.411. The Morgan fingerprint density at radius 3 is 2.54 bits per heavy atom. The standard InChI is InChI=1S/C21H12IN3O/c22-19-4-2-1-3-17(19)21(26)25-10-9-16-18(12-24-13-20(16)25)15-7-5-14(11-23)6-8-15/h1-10,12-13H. The van der Waals surface area contributed by atoms with Crippen molar-refractivity contribution in [3.8, 4) is 17.2 Å². The van der Waals surface area contributed by atoms with E-state index in [4.69, 9.17) is 5.26 Å². The average Bonchev–Trinajstić information content (AvgIpc) is 3.12. The van der Waals surface area contributed by atoms with Gasteiger partial charge in [-0.25, -0.2) is 0 Å². The lowest BCUT2D eigenvalue weighted by atomic mass is 10.0. The van der Waals surface area contributed by atoms with Gasteiger partial charge < -0.3 is 0 Å². The van der Waals surface area contributed by atoms with Crippen molar-refractivity contribution < 1.29 is 4.79 Å². The molecule has 0 radical (unpaired) electrons. The highest BCUT2D eigenvalue weighted by molar-refractivity contribution is 14.1. The van der Waals surface area contributed by atoms with E-state index < -0.39 is 0 Å². The summed E-state index contributed by atoms with van der Waals surface area (Å²) in [6.07, 6.45) is 5.27. The lowest BCUT2D eigenvalue weighted by molar-refractivity contribution is 0.0964. The molecule has 4 nitrogen and oxygen atoms in total. The Balaban J connectivity index is 1.84. The van der Waals surface area contributed by atoms with Crippen molar-refractivity contribution in [2.24, 2.45) is 0 Å². The minimum absolute atomic E-state index is 0.0798. The Hall–Kier alpha value is -2.98. The van der Waals surface area contributed by atoms with Crippen LogP contribution in [-0.4, -0.2) is 15.5 Å². The maximum Gasteiger partial charge on any atom is 0.263 e. The number of halogens is 1. The second kappa shape index (κ2) is 6.73. The summed E-state index contributed by atoms with van der Waals surface area (Å²) in [7, 11) is 0. The Morgan fingerprint density at radius 1 is 1.04 bits per heavy atom. The van der Waals surface area contributed by atoms with Crippen molar-refractivity contribution in [1.29, 1.82) is 5.26 Å². The van der Waals surface area contributed by atoms with Gasteiger partial charge in [0.2, 0.25) is 0 Å². The van der Waals surface area contributed by atoms with Gasteiger partial charge in [-0.05, 0) is 58.5 Å². The first-order valence-corrected chi connectivity index (χ1v) is 9.02. The molecule has 0 N–H and O–H groups in total. The van der Waals surface area contributed by atoms with E-state index in [1.807, 2.05) is 42.5 Å². The first-order valence-electron chi connectivity index (χ1n) is 7.94. The molecule has 0 unspecified atom stereocenters. The summed E-state index contributed by atoms with van der Waals surface area (Å²) in [6.45, 7) is 0. The average molecular weight is 449 g/mol. The Kier molecular flexibility index (Phi) is 4.27. The van der Waals surface area contributed by atoms with Gasteiger partial charge in [0, 0.05) is 26.9 Å². The number of nitrogens with zero attached hydrogens (tertiary/aromatic N) is 3. The van der Waals surface area contributed by atoms with Gasteiger partial charge >= 0.3 is 0 Å². The smallest absolute Gasteiger partial charge is 0.263 e. The molecule has 0 bridgehead atoms. The maximum atomic E-state index is 13.0. The monoisotopic (exact) mass is 449 g/mol. The largest absolute Gasteiger partial charge is 0.282 e. The lowest BCUT2D eigenvalue weighted by Crippen LogP contribution is -2.12. The van der Waals surface area contributed by atoms with Crippen LogP contribution in [0.5, 0.6) is 0 Å². The molecule has 4 aromatic rings. The van der Waals surface area contributed by atoms with Gasteiger partial charge in [-0.3, -0.25) is 14.3 Å². The predicted molar refractivity (Wildman–Crippen MR) is 109 cm³/mol. The molecule has 2 aromatic carbocycles. The number of pyridine rings is 1. The second-order valence-corrected chi connectivity index (χ2v) is 6.94. The van der Waals surface area contributed by atoms with E-state index in [0.29, 0.717) is 11.1 Å². The van der Waals surface area contributed by atoms with Gasteiger partial charge in [-0.2, -0.15) is 5.26 Å². The van der Waals surface area contributed by atoms with E-state index >= 15 is 0 Å². The fraction of sp³-hybridized carbons (Fsp3) is 0. The number of fused-ring (bicyclic) bond motifs is 1. The molecular formula is C21H12IN3O. The van der Waals surface area contributed by atoms with Crippen LogP contribution in [0.1, 0.15) is 15.9 Å². The highest BCUT2D eigenvalue weighted by Crippen LogP contribution is 2.29. The van der Waals surface area contributed by atoms with Gasteiger partial charge in [-0.1, -0.05) is 24.3 Å². The fourth-order valence-electron chi connectivity index (χ4n) is 2.95. The summed E-state index contributed by atoms with van der Waals surface area (Å²) in [6, 6.07) is 18.9. The zero-order valence-electron chi connectivity index (χ0n) is 13.6. The highest BCUT2D eigenvalue weighted by atomic mass is 127. The van der Waals surface area contributed by atoms with Crippen LogP contribution in [0.4, 0.5) is 0 Å². The van der Waals surface area contributed by atoms with Crippen LogP contribution in [0, 0.1) is 14.9 Å². The Morgan fingerprint density at radius 2 is 1.81 bits per heavy atom. The number of benzene rings is 2. The molecule has 124 valence electrons. The number of hydrogen-bond acceptors (Lipinski definition) is 3. The van der Waals surface area contributed by atoms with Gasteiger partial charge in [0.1, 0.15) is 0 Å². The van der Waals surface area contributed by atoms with Crippen molar-refractivity contribution in [2.45, 2.75) is 0 Å². The molecule has 0 amide bonds. The molecular weight excluding hydrogens is 437 g/mol. The number of rotatable bonds is 2. The zero-order valence-corrected chi connectivity index (χ0v) is 15.7. The molecule has 26 heavy (non-hydrogen) atoms. The SMILES string of the molecule is N#Cc1ccc(-c2cncc3c2ccn3C(=O)c2ccccc2I)cc1. The molecule has 0 aliphatic heterocycles. The minimum atomic E-state index is -0.0798. The zero-order chi connectivity index (χ0) is 18.1. The minimum Gasteiger partial charge on any atom is -0.282 e. The number of nitriles is 1. The molecule has 0 aliphatic rings. The molecule has 0 aliphatic carbocycles. The Labute approximate surface area is 163 Å². The number of carbonyl (C=O) groups excluding carboxylic acids is 1. The summed E-state index contributed by atoms with van der Waals surface area (Å²) >= 11 is 2.17. The third kappa shape index (κ3) is 2.78. The molecule has 0 atom stereocenters. The van der Waals surface area contributed by atoms with Crippen molar-refractivity contribution >= 4 is 39.4 Å². The Bertz CT molecular complexity index is 1170.